The van der Waals surface area contributed by atoms with Gasteiger partial charge in [0.15, 0.2) is 5.76 Å². The molecule has 0 unspecified atom stereocenters. The number of aryl methyl sites for hydroxylation is 1. The summed E-state index contributed by atoms with van der Waals surface area (Å²) in [6, 6.07) is 8.09. The molecule has 18 heavy (non-hydrogen) atoms. The highest BCUT2D eigenvalue weighted by molar-refractivity contribution is 7.09. The zero-order valence-electron chi connectivity index (χ0n) is 10.3. The van der Waals surface area contributed by atoms with E-state index in [9.17, 15) is 4.79 Å². The summed E-state index contributed by atoms with van der Waals surface area (Å²) in [6.07, 6.45) is 2.22. The van der Waals surface area contributed by atoms with Crippen LogP contribution in [0.5, 0.6) is 0 Å². The van der Waals surface area contributed by atoms with Crippen LogP contribution in [-0.2, 0) is 6.54 Å². The van der Waals surface area contributed by atoms with Crippen molar-refractivity contribution in [3.05, 3.63) is 46.0 Å². The summed E-state index contributed by atoms with van der Waals surface area (Å²) in [6.45, 7) is 2.55. The van der Waals surface area contributed by atoms with E-state index < -0.39 is 0 Å². The zero-order chi connectivity index (χ0) is 12.5. The van der Waals surface area contributed by atoms with Crippen LogP contribution in [0.15, 0.2) is 34.1 Å². The molecule has 0 bridgehead atoms. The molecule has 94 valence electrons. The SMILES string of the molecule is Cc1ccc(C(=O)N(Cc2cccs2)C2CC2)o1. The van der Waals surface area contributed by atoms with Crippen molar-refractivity contribution in [2.45, 2.75) is 32.4 Å². The Hall–Kier alpha value is -1.55. The standard InChI is InChI=1S/C14H15NO2S/c1-10-4-7-13(17-10)14(16)15(11-5-6-11)9-12-3-2-8-18-12/h2-4,7-8,11H,5-6,9H2,1H3. The molecule has 0 atom stereocenters. The van der Waals surface area contributed by atoms with Crippen molar-refractivity contribution in [1.29, 1.82) is 0 Å². The van der Waals surface area contributed by atoms with E-state index in [-0.39, 0.29) is 5.91 Å². The van der Waals surface area contributed by atoms with Crippen LogP contribution in [0.3, 0.4) is 0 Å². The second-order valence-electron chi connectivity index (χ2n) is 4.65. The first-order chi connectivity index (χ1) is 8.74. The third-order valence-corrected chi connectivity index (χ3v) is 3.97. The van der Waals surface area contributed by atoms with Gasteiger partial charge in [-0.2, -0.15) is 0 Å². The number of amides is 1. The van der Waals surface area contributed by atoms with Gasteiger partial charge in [0.05, 0.1) is 6.54 Å². The van der Waals surface area contributed by atoms with Gasteiger partial charge in [0.1, 0.15) is 5.76 Å². The maximum atomic E-state index is 12.4. The Labute approximate surface area is 110 Å². The molecule has 1 aliphatic carbocycles. The summed E-state index contributed by atoms with van der Waals surface area (Å²) >= 11 is 1.69. The normalized spacial score (nSPS) is 14.7. The largest absolute Gasteiger partial charge is 0.456 e. The van der Waals surface area contributed by atoms with E-state index in [4.69, 9.17) is 4.42 Å². The minimum Gasteiger partial charge on any atom is -0.456 e. The molecule has 1 fully saturated rings. The highest BCUT2D eigenvalue weighted by atomic mass is 32.1. The molecule has 2 aromatic rings. The fourth-order valence-electron chi connectivity index (χ4n) is 2.01. The molecule has 0 radical (unpaired) electrons. The fourth-order valence-corrected chi connectivity index (χ4v) is 2.72. The highest BCUT2D eigenvalue weighted by Gasteiger charge is 2.34. The van der Waals surface area contributed by atoms with E-state index in [0.29, 0.717) is 18.3 Å². The lowest BCUT2D eigenvalue weighted by molar-refractivity contribution is 0.0698. The first kappa shape index (κ1) is 11.5. The van der Waals surface area contributed by atoms with Gasteiger partial charge in [-0.05, 0) is 43.3 Å². The number of nitrogens with zero attached hydrogens (tertiary/aromatic N) is 1. The third-order valence-electron chi connectivity index (χ3n) is 3.11. The van der Waals surface area contributed by atoms with Gasteiger partial charge in [0.25, 0.3) is 5.91 Å². The first-order valence-corrected chi connectivity index (χ1v) is 7.02. The van der Waals surface area contributed by atoms with Crippen LogP contribution in [0.2, 0.25) is 0 Å². The predicted octanol–water partition coefficient (Wildman–Crippen LogP) is 3.45. The average molecular weight is 261 g/mol. The fraction of sp³-hybridized carbons (Fsp3) is 0.357. The van der Waals surface area contributed by atoms with Crippen molar-refractivity contribution in [2.24, 2.45) is 0 Å². The Morgan fingerprint density at radius 1 is 1.44 bits per heavy atom. The molecule has 0 saturated heterocycles. The number of carbonyl (C=O) groups excluding carboxylic acids is 1. The van der Waals surface area contributed by atoms with E-state index >= 15 is 0 Å². The lowest BCUT2D eigenvalue weighted by Crippen LogP contribution is -2.32. The van der Waals surface area contributed by atoms with Crippen molar-refractivity contribution in [3.8, 4) is 0 Å². The quantitative estimate of drug-likeness (QED) is 0.844. The highest BCUT2D eigenvalue weighted by Crippen LogP contribution is 2.30. The Kier molecular flexibility index (Phi) is 2.96. The number of carbonyl (C=O) groups is 1. The molecular weight excluding hydrogens is 246 g/mol. The average Bonchev–Trinajstić information content (AvgIpc) is 2.88. The molecule has 3 rings (SSSR count). The van der Waals surface area contributed by atoms with Crippen LogP contribution in [0.25, 0.3) is 0 Å². The Morgan fingerprint density at radius 3 is 2.83 bits per heavy atom. The van der Waals surface area contributed by atoms with Gasteiger partial charge < -0.3 is 9.32 Å². The van der Waals surface area contributed by atoms with E-state index in [1.165, 1.54) is 4.88 Å². The molecule has 0 aliphatic heterocycles. The van der Waals surface area contributed by atoms with E-state index in [1.807, 2.05) is 29.3 Å². The molecule has 1 saturated carbocycles. The van der Waals surface area contributed by atoms with Crippen LogP contribution < -0.4 is 0 Å². The molecule has 2 heterocycles. The van der Waals surface area contributed by atoms with Crippen LogP contribution in [0.4, 0.5) is 0 Å². The van der Waals surface area contributed by atoms with Gasteiger partial charge in [0, 0.05) is 10.9 Å². The summed E-state index contributed by atoms with van der Waals surface area (Å²) in [7, 11) is 0. The van der Waals surface area contributed by atoms with Gasteiger partial charge in [-0.25, -0.2) is 0 Å². The minimum absolute atomic E-state index is 0.0130. The second-order valence-corrected chi connectivity index (χ2v) is 5.69. The molecule has 0 spiro atoms. The van der Waals surface area contributed by atoms with Crippen molar-refractivity contribution >= 4 is 17.2 Å². The maximum Gasteiger partial charge on any atom is 0.290 e. The van der Waals surface area contributed by atoms with E-state index in [0.717, 1.165) is 18.6 Å². The zero-order valence-corrected chi connectivity index (χ0v) is 11.1. The van der Waals surface area contributed by atoms with E-state index in [2.05, 4.69) is 6.07 Å². The van der Waals surface area contributed by atoms with Gasteiger partial charge in [0.2, 0.25) is 0 Å². The Balaban J connectivity index is 1.79. The summed E-state index contributed by atoms with van der Waals surface area (Å²) in [4.78, 5) is 15.6. The Bertz CT molecular complexity index is 540. The molecule has 2 aromatic heterocycles. The second kappa shape index (κ2) is 4.61. The molecule has 4 heteroatoms. The number of thiophene rings is 1. The lowest BCUT2D eigenvalue weighted by Gasteiger charge is -2.20. The molecule has 0 N–H and O–H groups in total. The van der Waals surface area contributed by atoms with Crippen molar-refractivity contribution in [3.63, 3.8) is 0 Å². The van der Waals surface area contributed by atoms with Gasteiger partial charge in [-0.3, -0.25) is 4.79 Å². The number of furan rings is 1. The van der Waals surface area contributed by atoms with Crippen LogP contribution in [0.1, 0.15) is 34.0 Å². The van der Waals surface area contributed by atoms with Gasteiger partial charge in [-0.15, -0.1) is 11.3 Å². The monoisotopic (exact) mass is 261 g/mol. The van der Waals surface area contributed by atoms with Crippen LogP contribution >= 0.6 is 11.3 Å². The summed E-state index contributed by atoms with van der Waals surface area (Å²) in [5, 5.41) is 2.04. The summed E-state index contributed by atoms with van der Waals surface area (Å²) < 4.78 is 5.44. The molecule has 3 nitrogen and oxygen atoms in total. The van der Waals surface area contributed by atoms with Crippen molar-refractivity contribution < 1.29 is 9.21 Å². The maximum absolute atomic E-state index is 12.4. The number of hydrogen-bond acceptors (Lipinski definition) is 3. The van der Waals surface area contributed by atoms with Gasteiger partial charge in [-0.1, -0.05) is 6.07 Å². The molecule has 1 aliphatic rings. The minimum atomic E-state index is 0.0130. The van der Waals surface area contributed by atoms with Crippen LogP contribution in [-0.4, -0.2) is 16.8 Å². The lowest BCUT2D eigenvalue weighted by atomic mass is 10.3. The molecule has 0 aromatic carbocycles. The summed E-state index contributed by atoms with van der Waals surface area (Å²) in [5.74, 6) is 1.25. The topological polar surface area (TPSA) is 33.5 Å². The molecule has 1 amide bonds. The number of rotatable bonds is 4. The third kappa shape index (κ3) is 2.34. The number of hydrogen-bond donors (Lipinski definition) is 0. The van der Waals surface area contributed by atoms with Crippen molar-refractivity contribution in [2.75, 3.05) is 0 Å². The van der Waals surface area contributed by atoms with Gasteiger partial charge >= 0.3 is 0 Å². The molecular formula is C14H15NO2S. The Morgan fingerprint density at radius 2 is 2.28 bits per heavy atom. The van der Waals surface area contributed by atoms with Crippen molar-refractivity contribution in [1.82, 2.24) is 4.90 Å². The predicted molar refractivity (Wildman–Crippen MR) is 70.7 cm³/mol. The van der Waals surface area contributed by atoms with E-state index in [1.54, 1.807) is 17.4 Å². The summed E-state index contributed by atoms with van der Waals surface area (Å²) in [5.41, 5.74) is 0. The van der Waals surface area contributed by atoms with Crippen LogP contribution in [0, 0.1) is 6.92 Å². The first-order valence-electron chi connectivity index (χ1n) is 6.14. The smallest absolute Gasteiger partial charge is 0.290 e.